The zero-order chi connectivity index (χ0) is 19.2. The number of anilines is 1. The molecule has 146 valence electrons. The minimum Gasteiger partial charge on any atom is -0.492 e. The molecule has 4 nitrogen and oxygen atoms in total. The highest BCUT2D eigenvalue weighted by Crippen LogP contribution is 2.35. The molecule has 0 aliphatic carbocycles. The summed E-state index contributed by atoms with van der Waals surface area (Å²) in [7, 11) is 0. The van der Waals surface area contributed by atoms with Crippen molar-refractivity contribution < 1.29 is 9.47 Å². The number of rotatable bonds is 7. The molecular formula is C21H26Br2N2O2. The van der Waals surface area contributed by atoms with Crippen LogP contribution >= 0.6 is 31.9 Å². The molecule has 1 atom stereocenters. The lowest BCUT2D eigenvalue weighted by atomic mass is 10.1. The largest absolute Gasteiger partial charge is 0.492 e. The third-order valence-corrected chi connectivity index (χ3v) is 5.91. The van der Waals surface area contributed by atoms with Gasteiger partial charge in [-0.2, -0.15) is 0 Å². The maximum absolute atomic E-state index is 5.65. The molecule has 0 aromatic heterocycles. The summed E-state index contributed by atoms with van der Waals surface area (Å²) in [5, 5.41) is 3.60. The lowest BCUT2D eigenvalue weighted by Crippen LogP contribution is -2.36. The van der Waals surface area contributed by atoms with Crippen molar-refractivity contribution in [3.63, 3.8) is 0 Å². The van der Waals surface area contributed by atoms with E-state index in [1.807, 2.05) is 6.92 Å². The number of benzene rings is 2. The molecule has 27 heavy (non-hydrogen) atoms. The van der Waals surface area contributed by atoms with Crippen LogP contribution in [0.3, 0.4) is 0 Å². The molecular weight excluding hydrogens is 472 g/mol. The van der Waals surface area contributed by atoms with Gasteiger partial charge in [0, 0.05) is 31.4 Å². The normalized spacial score (nSPS) is 15.6. The number of hydrogen-bond acceptors (Lipinski definition) is 4. The van der Waals surface area contributed by atoms with Crippen molar-refractivity contribution in [1.82, 2.24) is 5.32 Å². The van der Waals surface area contributed by atoms with Crippen LogP contribution in [-0.2, 0) is 11.3 Å². The second-order valence-electron chi connectivity index (χ2n) is 6.62. The SMILES string of the molecule is CCOc1c(Br)cc(CNC(C)c2ccc(N3CCOCC3)cc2)cc1Br. The van der Waals surface area contributed by atoms with E-state index in [0.29, 0.717) is 6.61 Å². The third-order valence-electron chi connectivity index (χ3n) is 4.73. The topological polar surface area (TPSA) is 33.7 Å². The lowest BCUT2D eigenvalue weighted by Gasteiger charge is -2.29. The number of hydrogen-bond donors (Lipinski definition) is 1. The fourth-order valence-electron chi connectivity index (χ4n) is 3.18. The molecule has 2 aromatic rings. The Kier molecular flexibility index (Phi) is 7.58. The first kappa shape index (κ1) is 20.6. The molecule has 1 fully saturated rings. The molecule has 0 radical (unpaired) electrons. The first-order valence-electron chi connectivity index (χ1n) is 9.35. The molecule has 1 aliphatic rings. The number of ether oxygens (including phenoxy) is 2. The van der Waals surface area contributed by atoms with Crippen LogP contribution in [0.2, 0.25) is 0 Å². The average molecular weight is 498 g/mol. The van der Waals surface area contributed by atoms with E-state index >= 15 is 0 Å². The minimum atomic E-state index is 0.271. The molecule has 1 heterocycles. The Balaban J connectivity index is 1.59. The van der Waals surface area contributed by atoms with Crippen LogP contribution in [0.4, 0.5) is 5.69 Å². The van der Waals surface area contributed by atoms with Crippen molar-refractivity contribution in [3.8, 4) is 5.75 Å². The fraction of sp³-hybridized carbons (Fsp3) is 0.429. The van der Waals surface area contributed by atoms with Gasteiger partial charge in [0.05, 0.1) is 28.8 Å². The van der Waals surface area contributed by atoms with E-state index in [1.54, 1.807) is 0 Å². The van der Waals surface area contributed by atoms with Gasteiger partial charge in [0.15, 0.2) is 0 Å². The Hall–Kier alpha value is -1.08. The standard InChI is InChI=1S/C21H26Br2N2O2/c1-3-27-21-19(22)12-16(13-20(21)23)14-24-15(2)17-4-6-18(7-5-17)25-8-10-26-11-9-25/h4-7,12-13,15,24H,3,8-11,14H2,1-2H3. The highest BCUT2D eigenvalue weighted by Gasteiger charge is 2.13. The summed E-state index contributed by atoms with van der Waals surface area (Å²) in [5.41, 5.74) is 3.76. The third kappa shape index (κ3) is 5.47. The molecule has 1 aliphatic heterocycles. The molecule has 0 spiro atoms. The Morgan fingerprint density at radius 3 is 2.33 bits per heavy atom. The number of nitrogens with one attached hydrogen (secondary N) is 1. The second kappa shape index (κ2) is 9.92. The Morgan fingerprint density at radius 1 is 1.11 bits per heavy atom. The molecule has 2 aromatic carbocycles. The van der Waals surface area contributed by atoms with Gasteiger partial charge in [-0.05, 0) is 81.1 Å². The smallest absolute Gasteiger partial charge is 0.147 e. The van der Waals surface area contributed by atoms with Gasteiger partial charge in [-0.1, -0.05) is 12.1 Å². The van der Waals surface area contributed by atoms with Gasteiger partial charge in [0.1, 0.15) is 5.75 Å². The van der Waals surface area contributed by atoms with Gasteiger partial charge in [-0.15, -0.1) is 0 Å². The summed E-state index contributed by atoms with van der Waals surface area (Å²) in [6.45, 7) is 9.17. The Labute approximate surface area is 178 Å². The summed E-state index contributed by atoms with van der Waals surface area (Å²) in [6.07, 6.45) is 0. The molecule has 0 amide bonds. The van der Waals surface area contributed by atoms with Crippen LogP contribution < -0.4 is 15.0 Å². The van der Waals surface area contributed by atoms with Crippen molar-refractivity contribution in [1.29, 1.82) is 0 Å². The van der Waals surface area contributed by atoms with E-state index in [9.17, 15) is 0 Å². The van der Waals surface area contributed by atoms with Crippen molar-refractivity contribution >= 4 is 37.5 Å². The highest BCUT2D eigenvalue weighted by atomic mass is 79.9. The van der Waals surface area contributed by atoms with E-state index in [4.69, 9.17) is 9.47 Å². The summed E-state index contributed by atoms with van der Waals surface area (Å²) < 4.78 is 13.0. The number of halogens is 2. The average Bonchev–Trinajstić information content (AvgIpc) is 2.70. The van der Waals surface area contributed by atoms with Crippen LogP contribution in [0, 0.1) is 0 Å². The summed E-state index contributed by atoms with van der Waals surface area (Å²) in [6, 6.07) is 13.3. The van der Waals surface area contributed by atoms with Crippen molar-refractivity contribution in [2.75, 3.05) is 37.8 Å². The van der Waals surface area contributed by atoms with Crippen LogP contribution in [0.25, 0.3) is 0 Å². The van der Waals surface area contributed by atoms with Crippen molar-refractivity contribution in [3.05, 3.63) is 56.5 Å². The fourth-order valence-corrected chi connectivity index (χ4v) is 4.69. The quantitative estimate of drug-likeness (QED) is 0.562. The molecule has 0 bridgehead atoms. The second-order valence-corrected chi connectivity index (χ2v) is 8.32. The van der Waals surface area contributed by atoms with Gasteiger partial charge < -0.3 is 19.7 Å². The van der Waals surface area contributed by atoms with E-state index in [1.165, 1.54) is 16.8 Å². The van der Waals surface area contributed by atoms with Gasteiger partial charge >= 0.3 is 0 Å². The van der Waals surface area contributed by atoms with E-state index in [2.05, 4.69) is 85.4 Å². The van der Waals surface area contributed by atoms with Crippen LogP contribution in [0.15, 0.2) is 45.3 Å². The Morgan fingerprint density at radius 2 is 1.74 bits per heavy atom. The predicted octanol–water partition coefficient (Wildman–Crippen LogP) is 5.30. The first-order valence-corrected chi connectivity index (χ1v) is 10.9. The van der Waals surface area contributed by atoms with Crippen molar-refractivity contribution in [2.45, 2.75) is 26.4 Å². The zero-order valence-electron chi connectivity index (χ0n) is 15.8. The molecule has 3 rings (SSSR count). The maximum atomic E-state index is 5.65. The molecule has 1 unspecified atom stereocenters. The molecule has 1 N–H and O–H groups in total. The summed E-state index contributed by atoms with van der Waals surface area (Å²) >= 11 is 7.20. The van der Waals surface area contributed by atoms with Gasteiger partial charge in [0.2, 0.25) is 0 Å². The monoisotopic (exact) mass is 496 g/mol. The van der Waals surface area contributed by atoms with Crippen LogP contribution in [-0.4, -0.2) is 32.9 Å². The maximum Gasteiger partial charge on any atom is 0.147 e. The lowest BCUT2D eigenvalue weighted by molar-refractivity contribution is 0.122. The van der Waals surface area contributed by atoms with Gasteiger partial charge in [-0.25, -0.2) is 0 Å². The van der Waals surface area contributed by atoms with Crippen LogP contribution in [0.1, 0.15) is 31.0 Å². The Bertz CT molecular complexity index is 723. The van der Waals surface area contributed by atoms with E-state index < -0.39 is 0 Å². The van der Waals surface area contributed by atoms with E-state index in [-0.39, 0.29) is 6.04 Å². The predicted molar refractivity (Wildman–Crippen MR) is 118 cm³/mol. The number of morpholine rings is 1. The highest BCUT2D eigenvalue weighted by molar-refractivity contribution is 9.11. The zero-order valence-corrected chi connectivity index (χ0v) is 19.0. The van der Waals surface area contributed by atoms with E-state index in [0.717, 1.165) is 47.5 Å². The summed E-state index contributed by atoms with van der Waals surface area (Å²) in [5.74, 6) is 0.855. The summed E-state index contributed by atoms with van der Waals surface area (Å²) in [4.78, 5) is 2.38. The van der Waals surface area contributed by atoms with Gasteiger partial charge in [0.25, 0.3) is 0 Å². The number of nitrogens with zero attached hydrogens (tertiary/aromatic N) is 1. The molecule has 1 saturated heterocycles. The first-order chi connectivity index (χ1) is 13.1. The van der Waals surface area contributed by atoms with Crippen LogP contribution in [0.5, 0.6) is 5.75 Å². The van der Waals surface area contributed by atoms with Gasteiger partial charge in [-0.3, -0.25) is 0 Å². The van der Waals surface area contributed by atoms with Crippen molar-refractivity contribution in [2.24, 2.45) is 0 Å². The minimum absolute atomic E-state index is 0.271. The molecule has 6 heteroatoms. The molecule has 0 saturated carbocycles.